The van der Waals surface area contributed by atoms with Gasteiger partial charge >= 0.3 is 0 Å². The number of nitrogens with zero attached hydrogens (tertiary/aromatic N) is 4. The third-order valence-electron chi connectivity index (χ3n) is 14.0. The second-order valence-electron chi connectivity index (χ2n) is 19.2. The first-order valence-corrected chi connectivity index (χ1v) is 25.3. The maximum absolute atomic E-state index is 13.1. The SMILES string of the molecule is Cc1ccc(C(c2ccc(C)cc2)N(C)P(=NO)(N(C)C)N(C(c2ccc(C)cc2)(c2ccc(C)cc2)c2ccc(C)cc2)C(c2ccc(C)cc2)(c2ccc(C)cc2)c2ccc(C)cc2)cc1. The summed E-state index contributed by atoms with van der Waals surface area (Å²) >= 11 is 0. The van der Waals surface area contributed by atoms with E-state index in [-0.39, 0.29) is 6.04 Å². The molecule has 0 radical (unpaired) electrons. The van der Waals surface area contributed by atoms with Crippen LogP contribution in [-0.4, -0.2) is 40.4 Å². The van der Waals surface area contributed by atoms with Crippen molar-refractivity contribution in [3.63, 3.8) is 0 Å². The van der Waals surface area contributed by atoms with Crippen molar-refractivity contribution in [2.45, 2.75) is 72.5 Å². The fourth-order valence-electron chi connectivity index (χ4n) is 10.2. The molecule has 68 heavy (non-hydrogen) atoms. The minimum absolute atomic E-state index is 0.371. The van der Waals surface area contributed by atoms with Gasteiger partial charge in [-0.05, 0) is 121 Å². The predicted octanol–water partition coefficient (Wildman–Crippen LogP) is 15.4. The standard InChI is InChI=1S/C62H67N4OP/c1-44-12-28-52(29-13-44)60(53-30-14-45(2)15-31-53)65(11)68(63-67,64(9)10)66(61(54-32-16-46(3)17-33-54,55-34-18-47(4)19-35-55)56-36-20-48(5)21-37-56)62(57-38-22-49(6)23-39-57,58-40-24-50(7)25-41-58)59-42-26-51(8)27-43-59/h12-43,60,67H,1-11H3. The fourth-order valence-corrected chi connectivity index (χ4v) is 13.9. The van der Waals surface area contributed by atoms with Crippen LogP contribution in [0.25, 0.3) is 0 Å². The van der Waals surface area contributed by atoms with Crippen molar-refractivity contribution in [1.29, 1.82) is 0 Å². The summed E-state index contributed by atoms with van der Waals surface area (Å²) < 4.78 is 7.29. The van der Waals surface area contributed by atoms with Gasteiger partial charge in [0, 0.05) is 0 Å². The molecular weight excluding hydrogens is 848 g/mol. The first kappa shape index (κ1) is 48.3. The summed E-state index contributed by atoms with van der Waals surface area (Å²) in [7, 11) is 2.60. The molecule has 1 atom stereocenters. The van der Waals surface area contributed by atoms with Gasteiger partial charge in [-0.2, -0.15) is 0 Å². The number of hydrogen-bond donors (Lipinski definition) is 1. The molecule has 0 amide bonds. The summed E-state index contributed by atoms with van der Waals surface area (Å²) in [5, 5.41) is 13.1. The van der Waals surface area contributed by atoms with Gasteiger partial charge in [-0.3, -0.25) is 9.88 Å². The highest BCUT2D eigenvalue weighted by molar-refractivity contribution is 7.59. The van der Waals surface area contributed by atoms with Crippen molar-refractivity contribution >= 4 is 7.51 Å². The Bertz CT molecular complexity index is 2580. The fraction of sp³-hybridized carbons (Fsp3) is 0.226. The van der Waals surface area contributed by atoms with Crippen molar-refractivity contribution in [3.8, 4) is 0 Å². The van der Waals surface area contributed by atoms with Crippen molar-refractivity contribution in [2.75, 3.05) is 21.1 Å². The van der Waals surface area contributed by atoms with Crippen LogP contribution in [0, 0.1) is 55.4 Å². The Balaban J connectivity index is 1.72. The average Bonchev–Trinajstić information content (AvgIpc) is 3.33. The molecule has 1 unspecified atom stereocenters. The molecule has 6 heteroatoms. The second kappa shape index (κ2) is 19.8. The van der Waals surface area contributed by atoms with Gasteiger partial charge < -0.3 is 0 Å². The molecule has 0 bridgehead atoms. The Morgan fingerprint density at radius 1 is 0.338 bits per heavy atom. The molecule has 8 rings (SSSR count). The Morgan fingerprint density at radius 2 is 0.529 bits per heavy atom. The summed E-state index contributed by atoms with van der Waals surface area (Å²) in [4.78, 5) is 5.11. The molecule has 8 aromatic carbocycles. The molecule has 0 spiro atoms. The Kier molecular flexibility index (Phi) is 14.1. The van der Waals surface area contributed by atoms with Gasteiger partial charge in [0.15, 0.2) is 0 Å². The lowest BCUT2D eigenvalue weighted by molar-refractivity contribution is 0.146. The normalized spacial score (nSPS) is 13.1. The molecule has 0 aliphatic rings. The van der Waals surface area contributed by atoms with E-state index in [4.69, 9.17) is 4.91 Å². The zero-order chi connectivity index (χ0) is 48.4. The average molecular weight is 915 g/mol. The first-order chi connectivity index (χ1) is 32.7. The van der Waals surface area contributed by atoms with Crippen molar-refractivity contribution < 1.29 is 5.21 Å². The molecule has 0 aliphatic carbocycles. The molecule has 0 saturated carbocycles. The maximum atomic E-state index is 13.1. The number of benzene rings is 8. The predicted molar refractivity (Wildman–Crippen MR) is 285 cm³/mol. The van der Waals surface area contributed by atoms with E-state index in [1.54, 1.807) is 0 Å². The first-order valence-electron chi connectivity index (χ1n) is 23.7. The molecule has 0 aromatic heterocycles. The zero-order valence-electron chi connectivity index (χ0n) is 41.7. The number of rotatable bonds is 14. The smallest absolute Gasteiger partial charge is 0.201 e. The van der Waals surface area contributed by atoms with Crippen LogP contribution in [0.2, 0.25) is 0 Å². The third-order valence-corrected chi connectivity index (χ3v) is 17.5. The molecule has 0 heterocycles. The molecule has 0 aliphatic heterocycles. The van der Waals surface area contributed by atoms with Gasteiger partial charge in [-0.15, -0.1) is 4.91 Å². The minimum Gasteiger partial charge on any atom is -0.265 e. The lowest BCUT2D eigenvalue weighted by Gasteiger charge is -2.62. The van der Waals surface area contributed by atoms with E-state index in [9.17, 15) is 5.21 Å². The minimum atomic E-state index is -3.79. The highest BCUT2D eigenvalue weighted by Crippen LogP contribution is 2.72. The van der Waals surface area contributed by atoms with Crippen LogP contribution in [0.1, 0.15) is 95.1 Å². The van der Waals surface area contributed by atoms with Crippen LogP contribution >= 0.6 is 7.51 Å². The van der Waals surface area contributed by atoms with Crippen molar-refractivity contribution in [1.82, 2.24) is 14.0 Å². The lowest BCUT2D eigenvalue weighted by Crippen LogP contribution is -2.61. The van der Waals surface area contributed by atoms with Gasteiger partial charge in [-0.25, -0.2) is 9.34 Å². The molecular formula is C62H67N4OP. The molecule has 0 fully saturated rings. The topological polar surface area (TPSA) is 42.3 Å². The molecule has 5 nitrogen and oxygen atoms in total. The van der Waals surface area contributed by atoms with Gasteiger partial charge in [-0.1, -0.05) is 239 Å². The Labute approximate surface area is 406 Å². The maximum Gasteiger partial charge on any atom is 0.201 e. The summed E-state index contributed by atoms with van der Waals surface area (Å²) in [5.74, 6) is 0. The van der Waals surface area contributed by atoms with Crippen LogP contribution < -0.4 is 0 Å². The summed E-state index contributed by atoms with van der Waals surface area (Å²) in [6.07, 6.45) is 0. The van der Waals surface area contributed by atoms with Gasteiger partial charge in [0.05, 0.1) is 6.04 Å². The van der Waals surface area contributed by atoms with E-state index in [2.05, 4.69) is 285 Å². The molecule has 346 valence electrons. The Morgan fingerprint density at radius 3 is 0.706 bits per heavy atom. The summed E-state index contributed by atoms with van der Waals surface area (Å²) in [6, 6.07) is 71.7. The molecule has 1 N–H and O–H groups in total. The monoisotopic (exact) mass is 915 g/mol. The van der Waals surface area contributed by atoms with E-state index in [1.165, 1.54) is 11.1 Å². The van der Waals surface area contributed by atoms with E-state index in [0.717, 1.165) is 77.9 Å². The summed E-state index contributed by atoms with van der Waals surface area (Å²) in [6.45, 7) is 17.2. The van der Waals surface area contributed by atoms with Crippen LogP contribution in [0.5, 0.6) is 0 Å². The second-order valence-corrected chi connectivity index (χ2v) is 22.3. The Hall–Kier alpha value is -6.17. The van der Waals surface area contributed by atoms with Crippen LogP contribution in [0.15, 0.2) is 199 Å². The van der Waals surface area contributed by atoms with Crippen LogP contribution in [-0.2, 0) is 11.1 Å². The van der Waals surface area contributed by atoms with Gasteiger partial charge in [0.2, 0.25) is 7.51 Å². The zero-order valence-corrected chi connectivity index (χ0v) is 42.6. The van der Waals surface area contributed by atoms with Crippen molar-refractivity contribution in [2.24, 2.45) is 4.91 Å². The van der Waals surface area contributed by atoms with Crippen LogP contribution in [0.3, 0.4) is 0 Å². The lowest BCUT2D eigenvalue weighted by atomic mass is 9.69. The highest BCUT2D eigenvalue weighted by Gasteiger charge is 2.62. The van der Waals surface area contributed by atoms with Gasteiger partial charge in [0.25, 0.3) is 0 Å². The van der Waals surface area contributed by atoms with Crippen molar-refractivity contribution in [3.05, 3.63) is 283 Å². The van der Waals surface area contributed by atoms with E-state index in [1.807, 2.05) is 0 Å². The van der Waals surface area contributed by atoms with E-state index < -0.39 is 18.6 Å². The number of aryl methyl sites for hydroxylation is 8. The third kappa shape index (κ3) is 8.64. The largest absolute Gasteiger partial charge is 0.265 e. The highest BCUT2D eigenvalue weighted by atomic mass is 31.2. The summed E-state index contributed by atoms with van der Waals surface area (Å²) in [5.41, 5.74) is 15.3. The molecule has 0 saturated heterocycles. The van der Waals surface area contributed by atoms with E-state index >= 15 is 0 Å². The molecule has 8 aromatic rings. The van der Waals surface area contributed by atoms with Gasteiger partial charge in [0.1, 0.15) is 11.1 Å². The quantitative estimate of drug-likeness (QED) is 0.0670. The number of hydrogen-bond acceptors (Lipinski definition) is 1. The van der Waals surface area contributed by atoms with E-state index in [0.29, 0.717) is 0 Å². The van der Waals surface area contributed by atoms with Crippen LogP contribution in [0.4, 0.5) is 0 Å².